The molecule has 0 aliphatic carbocycles. The van der Waals surface area contributed by atoms with Crippen molar-refractivity contribution < 1.29 is 22.7 Å². The number of ether oxygens (including phenoxy) is 1. The standard InChI is InChI=1S/C12H9F3INO2/c1-5-3-8-6(4-7(5)16)9(11(18)19-2)10(17-8)12(13,14)15/h3-4,17H,1-2H3. The average molecular weight is 383 g/mol. The minimum absolute atomic E-state index is 0.217. The molecule has 0 saturated carbocycles. The number of rotatable bonds is 1. The van der Waals surface area contributed by atoms with Crippen LogP contribution in [0.5, 0.6) is 0 Å². The number of benzene rings is 1. The highest BCUT2D eigenvalue weighted by atomic mass is 127. The summed E-state index contributed by atoms with van der Waals surface area (Å²) in [5.41, 5.74) is -0.441. The average Bonchev–Trinajstić information content (AvgIpc) is 2.67. The van der Waals surface area contributed by atoms with Crippen LogP contribution in [0.4, 0.5) is 13.2 Å². The molecule has 0 amide bonds. The van der Waals surface area contributed by atoms with Gasteiger partial charge in [-0.2, -0.15) is 13.2 Å². The number of halogens is 4. The van der Waals surface area contributed by atoms with E-state index in [1.807, 2.05) is 22.6 Å². The van der Waals surface area contributed by atoms with Gasteiger partial charge in [0.2, 0.25) is 0 Å². The number of nitrogens with one attached hydrogen (secondary N) is 1. The fourth-order valence-corrected chi connectivity index (χ4v) is 2.32. The Morgan fingerprint density at radius 1 is 1.37 bits per heavy atom. The highest BCUT2D eigenvalue weighted by Gasteiger charge is 2.39. The molecule has 0 saturated heterocycles. The lowest BCUT2D eigenvalue weighted by Crippen LogP contribution is -2.13. The lowest BCUT2D eigenvalue weighted by molar-refractivity contribution is -0.141. The number of methoxy groups -OCH3 is 1. The summed E-state index contributed by atoms with van der Waals surface area (Å²) in [6.07, 6.45) is -4.64. The van der Waals surface area contributed by atoms with Gasteiger partial charge in [0.1, 0.15) is 5.69 Å². The Bertz CT molecular complexity index is 661. The molecule has 7 heteroatoms. The third-order valence-corrected chi connectivity index (χ3v) is 3.91. The fourth-order valence-electron chi connectivity index (χ4n) is 1.85. The van der Waals surface area contributed by atoms with Gasteiger partial charge >= 0.3 is 12.1 Å². The molecule has 1 heterocycles. The molecule has 19 heavy (non-hydrogen) atoms. The van der Waals surface area contributed by atoms with Gasteiger partial charge in [-0.15, -0.1) is 0 Å². The van der Waals surface area contributed by atoms with Crippen molar-refractivity contribution in [3.8, 4) is 0 Å². The molecule has 0 spiro atoms. The second kappa shape index (κ2) is 4.69. The van der Waals surface area contributed by atoms with Crippen molar-refractivity contribution in [3.63, 3.8) is 0 Å². The molecule has 1 aromatic carbocycles. The van der Waals surface area contributed by atoms with Gasteiger partial charge in [0, 0.05) is 14.5 Å². The predicted molar refractivity (Wildman–Crippen MR) is 72.1 cm³/mol. The Labute approximate surface area is 120 Å². The fraction of sp³-hybridized carbons (Fsp3) is 0.250. The quantitative estimate of drug-likeness (QED) is 0.600. The molecular weight excluding hydrogens is 374 g/mol. The van der Waals surface area contributed by atoms with E-state index in [4.69, 9.17) is 0 Å². The molecule has 0 unspecified atom stereocenters. The molecule has 3 nitrogen and oxygen atoms in total. The summed E-state index contributed by atoms with van der Waals surface area (Å²) < 4.78 is 44.1. The SMILES string of the molecule is COC(=O)c1c(C(F)(F)F)[nH]c2cc(C)c(I)cc12. The van der Waals surface area contributed by atoms with Crippen LogP contribution in [0.15, 0.2) is 12.1 Å². The second-order valence-electron chi connectivity index (χ2n) is 4.01. The summed E-state index contributed by atoms with van der Waals surface area (Å²) in [5.74, 6) is -1.00. The van der Waals surface area contributed by atoms with Gasteiger partial charge < -0.3 is 9.72 Å². The van der Waals surface area contributed by atoms with E-state index in [-0.39, 0.29) is 10.9 Å². The topological polar surface area (TPSA) is 42.1 Å². The van der Waals surface area contributed by atoms with E-state index in [2.05, 4.69) is 9.72 Å². The third-order valence-electron chi connectivity index (χ3n) is 2.75. The number of aromatic nitrogens is 1. The largest absolute Gasteiger partial charge is 0.465 e. The van der Waals surface area contributed by atoms with Gasteiger partial charge in [-0.25, -0.2) is 4.79 Å². The maximum atomic E-state index is 12.9. The number of esters is 1. The number of carbonyl (C=O) groups is 1. The van der Waals surface area contributed by atoms with Crippen LogP contribution in [-0.4, -0.2) is 18.1 Å². The molecule has 0 aliphatic heterocycles. The molecule has 0 atom stereocenters. The van der Waals surface area contributed by atoms with Crippen LogP contribution in [-0.2, 0) is 10.9 Å². The summed E-state index contributed by atoms with van der Waals surface area (Å²) in [6.45, 7) is 1.78. The number of H-pyrrole nitrogens is 1. The highest BCUT2D eigenvalue weighted by Crippen LogP contribution is 2.36. The van der Waals surface area contributed by atoms with Crippen molar-refractivity contribution in [2.24, 2.45) is 0 Å². The van der Waals surface area contributed by atoms with E-state index in [0.717, 1.165) is 16.2 Å². The number of hydrogen-bond donors (Lipinski definition) is 1. The molecule has 2 aromatic rings. The molecule has 0 fully saturated rings. The Morgan fingerprint density at radius 2 is 2.00 bits per heavy atom. The number of aromatic amines is 1. The first-order chi connectivity index (χ1) is 8.75. The Kier molecular flexibility index (Phi) is 3.50. The lowest BCUT2D eigenvalue weighted by atomic mass is 10.1. The van der Waals surface area contributed by atoms with Crippen LogP contribution in [0.3, 0.4) is 0 Å². The third kappa shape index (κ3) is 2.43. The summed E-state index contributed by atoms with van der Waals surface area (Å²) in [4.78, 5) is 13.9. The van der Waals surface area contributed by atoms with E-state index in [1.54, 1.807) is 19.1 Å². The first kappa shape index (κ1) is 14.2. The molecule has 1 aromatic heterocycles. The summed E-state index contributed by atoms with van der Waals surface area (Å²) in [7, 11) is 1.06. The Morgan fingerprint density at radius 3 is 2.53 bits per heavy atom. The number of aryl methyl sites for hydroxylation is 1. The minimum Gasteiger partial charge on any atom is -0.465 e. The first-order valence-electron chi connectivity index (χ1n) is 5.23. The smallest absolute Gasteiger partial charge is 0.432 e. The van der Waals surface area contributed by atoms with E-state index in [9.17, 15) is 18.0 Å². The van der Waals surface area contributed by atoms with Crippen LogP contribution < -0.4 is 0 Å². The Balaban J connectivity index is 2.86. The van der Waals surface area contributed by atoms with Gasteiger partial charge in [0.15, 0.2) is 0 Å². The zero-order valence-corrected chi connectivity index (χ0v) is 12.1. The van der Waals surface area contributed by atoms with E-state index in [1.165, 1.54) is 0 Å². The van der Waals surface area contributed by atoms with E-state index >= 15 is 0 Å². The highest BCUT2D eigenvalue weighted by molar-refractivity contribution is 14.1. The molecule has 0 aliphatic rings. The minimum atomic E-state index is -4.64. The zero-order valence-electron chi connectivity index (χ0n) is 9.98. The van der Waals surface area contributed by atoms with Crippen molar-refractivity contribution in [3.05, 3.63) is 32.5 Å². The summed E-state index contributed by atoms with van der Waals surface area (Å²) >= 11 is 2.01. The van der Waals surface area contributed by atoms with Gasteiger partial charge in [0.25, 0.3) is 0 Å². The Hall–Kier alpha value is -1.25. The number of fused-ring (bicyclic) bond motifs is 1. The van der Waals surface area contributed by atoms with Crippen LogP contribution in [0.2, 0.25) is 0 Å². The molecule has 102 valence electrons. The maximum Gasteiger partial charge on any atom is 0.432 e. The van der Waals surface area contributed by atoms with Crippen LogP contribution >= 0.6 is 22.6 Å². The van der Waals surface area contributed by atoms with Crippen molar-refractivity contribution in [1.29, 1.82) is 0 Å². The van der Waals surface area contributed by atoms with Crippen molar-refractivity contribution >= 4 is 39.5 Å². The predicted octanol–water partition coefficient (Wildman–Crippen LogP) is 3.89. The molecule has 1 N–H and O–H groups in total. The lowest BCUT2D eigenvalue weighted by Gasteiger charge is -2.06. The van der Waals surface area contributed by atoms with Crippen LogP contribution in [0, 0.1) is 10.5 Å². The molecule has 0 radical (unpaired) electrons. The van der Waals surface area contributed by atoms with Crippen molar-refractivity contribution in [1.82, 2.24) is 4.98 Å². The summed E-state index contributed by atoms with van der Waals surface area (Å²) in [5, 5.41) is 0.217. The maximum absolute atomic E-state index is 12.9. The van der Waals surface area contributed by atoms with E-state index < -0.39 is 23.4 Å². The number of hydrogen-bond acceptors (Lipinski definition) is 2. The van der Waals surface area contributed by atoms with Crippen molar-refractivity contribution in [2.45, 2.75) is 13.1 Å². The van der Waals surface area contributed by atoms with Gasteiger partial charge in [-0.1, -0.05) is 0 Å². The van der Waals surface area contributed by atoms with Gasteiger partial charge in [0.05, 0.1) is 12.7 Å². The normalized spacial score (nSPS) is 11.9. The number of carbonyl (C=O) groups excluding carboxylic acids is 1. The second-order valence-corrected chi connectivity index (χ2v) is 5.17. The zero-order chi connectivity index (χ0) is 14.4. The number of alkyl halides is 3. The molecule has 2 rings (SSSR count). The monoisotopic (exact) mass is 383 g/mol. The van der Waals surface area contributed by atoms with Gasteiger partial charge in [-0.05, 0) is 47.2 Å². The first-order valence-corrected chi connectivity index (χ1v) is 6.31. The van der Waals surface area contributed by atoms with Gasteiger partial charge in [-0.3, -0.25) is 0 Å². The summed E-state index contributed by atoms with van der Waals surface area (Å²) in [6, 6.07) is 3.13. The van der Waals surface area contributed by atoms with Crippen LogP contribution in [0.1, 0.15) is 21.6 Å². The van der Waals surface area contributed by atoms with Crippen LogP contribution in [0.25, 0.3) is 10.9 Å². The van der Waals surface area contributed by atoms with E-state index in [0.29, 0.717) is 0 Å². The molecule has 0 bridgehead atoms. The van der Waals surface area contributed by atoms with Crippen molar-refractivity contribution in [2.75, 3.05) is 7.11 Å². The molecular formula is C12H9F3INO2.